The molecular weight excluding hydrogens is 228 g/mol. The lowest BCUT2D eigenvalue weighted by molar-refractivity contribution is 0.0697. The van der Waals surface area contributed by atoms with E-state index in [-0.39, 0.29) is 11.0 Å². The minimum Gasteiger partial charge on any atom is -0.478 e. The van der Waals surface area contributed by atoms with E-state index in [1.54, 1.807) is 18.3 Å². The summed E-state index contributed by atoms with van der Waals surface area (Å²) < 4.78 is 0. The van der Waals surface area contributed by atoms with Crippen LogP contribution >= 0.6 is 0 Å². The van der Waals surface area contributed by atoms with E-state index in [0.717, 1.165) is 6.54 Å². The van der Waals surface area contributed by atoms with E-state index in [1.165, 1.54) is 32.1 Å². The molecule has 1 fully saturated rings. The van der Waals surface area contributed by atoms with Gasteiger partial charge in [-0.1, -0.05) is 26.2 Å². The van der Waals surface area contributed by atoms with Crippen LogP contribution in [0.3, 0.4) is 0 Å². The Labute approximate surface area is 107 Å². The molecule has 0 bridgehead atoms. The molecular formula is C14H20N2O2. The van der Waals surface area contributed by atoms with Gasteiger partial charge < -0.3 is 10.4 Å². The maximum absolute atomic E-state index is 11.1. The molecule has 0 saturated heterocycles. The number of nitrogens with zero attached hydrogens (tertiary/aromatic N) is 1. The van der Waals surface area contributed by atoms with Gasteiger partial charge in [0.15, 0.2) is 0 Å². The van der Waals surface area contributed by atoms with Crippen molar-refractivity contribution >= 4 is 11.8 Å². The zero-order chi connectivity index (χ0) is 13.0. The third-order valence-corrected chi connectivity index (χ3v) is 3.78. The van der Waals surface area contributed by atoms with Crippen molar-refractivity contribution in [3.05, 3.63) is 23.9 Å². The molecule has 1 heterocycles. The molecule has 4 nitrogen and oxygen atoms in total. The summed E-state index contributed by atoms with van der Waals surface area (Å²) in [4.78, 5) is 15.2. The van der Waals surface area contributed by atoms with Gasteiger partial charge in [0.2, 0.25) is 0 Å². The van der Waals surface area contributed by atoms with Crippen molar-refractivity contribution in [1.29, 1.82) is 0 Å². The van der Waals surface area contributed by atoms with Crippen molar-refractivity contribution in [2.45, 2.75) is 39.0 Å². The topological polar surface area (TPSA) is 62.2 Å². The number of aromatic nitrogens is 1. The molecule has 1 aromatic rings. The van der Waals surface area contributed by atoms with Crippen molar-refractivity contribution in [3.8, 4) is 0 Å². The lowest BCUT2D eigenvalue weighted by Gasteiger charge is -2.33. The van der Waals surface area contributed by atoms with Crippen LogP contribution in [0.4, 0.5) is 5.82 Å². The molecule has 0 aromatic carbocycles. The normalized spacial score (nSPS) is 18.3. The van der Waals surface area contributed by atoms with E-state index < -0.39 is 5.97 Å². The van der Waals surface area contributed by atoms with Crippen molar-refractivity contribution in [3.63, 3.8) is 0 Å². The summed E-state index contributed by atoms with van der Waals surface area (Å²) in [6.45, 7) is 3.06. The van der Waals surface area contributed by atoms with E-state index in [1.807, 2.05) is 0 Å². The molecule has 18 heavy (non-hydrogen) atoms. The quantitative estimate of drug-likeness (QED) is 0.859. The predicted octanol–water partition coefficient (Wildman–Crippen LogP) is 3.16. The first kappa shape index (κ1) is 12.9. The van der Waals surface area contributed by atoms with Crippen molar-refractivity contribution in [2.24, 2.45) is 5.41 Å². The van der Waals surface area contributed by atoms with Crippen LogP contribution in [0.2, 0.25) is 0 Å². The molecule has 0 unspecified atom stereocenters. The van der Waals surface area contributed by atoms with Crippen LogP contribution in [0.15, 0.2) is 18.3 Å². The highest BCUT2D eigenvalue weighted by Crippen LogP contribution is 2.35. The number of aromatic carboxylic acids is 1. The van der Waals surface area contributed by atoms with E-state index >= 15 is 0 Å². The zero-order valence-electron chi connectivity index (χ0n) is 10.8. The van der Waals surface area contributed by atoms with Gasteiger partial charge in [-0.3, -0.25) is 0 Å². The van der Waals surface area contributed by atoms with Crippen LogP contribution in [0.5, 0.6) is 0 Å². The summed E-state index contributed by atoms with van der Waals surface area (Å²) in [5.74, 6) is -0.448. The highest BCUT2D eigenvalue weighted by atomic mass is 16.4. The van der Waals surface area contributed by atoms with Gasteiger partial charge in [0.1, 0.15) is 11.4 Å². The van der Waals surface area contributed by atoms with Crippen LogP contribution in [-0.2, 0) is 0 Å². The molecule has 2 N–H and O–H groups in total. The summed E-state index contributed by atoms with van der Waals surface area (Å²) in [6, 6.07) is 3.23. The van der Waals surface area contributed by atoms with E-state index in [4.69, 9.17) is 5.11 Å². The Kier molecular flexibility index (Phi) is 3.84. The molecule has 0 aliphatic heterocycles. The van der Waals surface area contributed by atoms with E-state index in [0.29, 0.717) is 5.82 Å². The molecule has 0 atom stereocenters. The van der Waals surface area contributed by atoms with E-state index in [9.17, 15) is 4.79 Å². The van der Waals surface area contributed by atoms with Gasteiger partial charge in [-0.25, -0.2) is 9.78 Å². The van der Waals surface area contributed by atoms with Crippen LogP contribution < -0.4 is 5.32 Å². The maximum atomic E-state index is 11.1. The van der Waals surface area contributed by atoms with Crippen LogP contribution in [0.25, 0.3) is 0 Å². The van der Waals surface area contributed by atoms with Gasteiger partial charge in [0, 0.05) is 12.7 Å². The number of hydrogen-bond acceptors (Lipinski definition) is 3. The number of carboxylic acids is 1. The number of carbonyl (C=O) groups is 1. The molecule has 2 rings (SSSR count). The monoisotopic (exact) mass is 248 g/mol. The highest BCUT2D eigenvalue weighted by Gasteiger charge is 2.27. The van der Waals surface area contributed by atoms with Crippen molar-refractivity contribution in [1.82, 2.24) is 4.98 Å². The van der Waals surface area contributed by atoms with Crippen molar-refractivity contribution < 1.29 is 9.90 Å². The number of hydrogen-bond donors (Lipinski definition) is 2. The van der Waals surface area contributed by atoms with Gasteiger partial charge in [-0.2, -0.15) is 0 Å². The Bertz CT molecular complexity index is 426. The first-order valence-corrected chi connectivity index (χ1v) is 6.53. The maximum Gasteiger partial charge on any atom is 0.339 e. The highest BCUT2D eigenvalue weighted by molar-refractivity contribution is 5.92. The van der Waals surface area contributed by atoms with E-state index in [2.05, 4.69) is 17.2 Å². The largest absolute Gasteiger partial charge is 0.478 e. The second-order valence-electron chi connectivity index (χ2n) is 5.43. The Balaban J connectivity index is 2.03. The predicted molar refractivity (Wildman–Crippen MR) is 70.9 cm³/mol. The Morgan fingerprint density at radius 2 is 2.17 bits per heavy atom. The minimum atomic E-state index is -0.931. The molecule has 1 aliphatic rings. The van der Waals surface area contributed by atoms with Gasteiger partial charge in [0.05, 0.1) is 0 Å². The SMILES string of the molecule is CC1(CNc2ncccc2C(=O)O)CCCCC1. The van der Waals surface area contributed by atoms with Gasteiger partial charge in [-0.15, -0.1) is 0 Å². The third-order valence-electron chi connectivity index (χ3n) is 3.78. The smallest absolute Gasteiger partial charge is 0.339 e. The number of rotatable bonds is 4. The first-order valence-electron chi connectivity index (χ1n) is 6.53. The molecule has 1 saturated carbocycles. The zero-order valence-corrected chi connectivity index (χ0v) is 10.8. The summed E-state index contributed by atoms with van der Waals surface area (Å²) in [7, 11) is 0. The lowest BCUT2D eigenvalue weighted by atomic mass is 9.76. The number of pyridine rings is 1. The van der Waals surface area contributed by atoms with Crippen molar-refractivity contribution in [2.75, 3.05) is 11.9 Å². The molecule has 98 valence electrons. The number of anilines is 1. The fourth-order valence-electron chi connectivity index (χ4n) is 2.60. The van der Waals surface area contributed by atoms with Gasteiger partial charge in [-0.05, 0) is 30.4 Å². The molecule has 1 aliphatic carbocycles. The van der Waals surface area contributed by atoms with Crippen LogP contribution in [0, 0.1) is 5.41 Å². The fraction of sp³-hybridized carbons (Fsp3) is 0.571. The number of carboxylic acid groups (broad SMARTS) is 1. The lowest BCUT2D eigenvalue weighted by Crippen LogP contribution is -2.29. The first-order chi connectivity index (χ1) is 8.61. The summed E-state index contributed by atoms with van der Waals surface area (Å²) in [5, 5.41) is 12.3. The average Bonchev–Trinajstić information content (AvgIpc) is 2.38. The fourth-order valence-corrected chi connectivity index (χ4v) is 2.60. The number of nitrogens with one attached hydrogen (secondary N) is 1. The third kappa shape index (κ3) is 3.00. The Morgan fingerprint density at radius 1 is 1.44 bits per heavy atom. The molecule has 4 heteroatoms. The summed E-state index contributed by atoms with van der Waals surface area (Å²) in [6.07, 6.45) is 7.89. The van der Waals surface area contributed by atoms with Crippen LogP contribution in [-0.4, -0.2) is 22.6 Å². The second-order valence-corrected chi connectivity index (χ2v) is 5.43. The standard InChI is InChI=1S/C14H20N2O2/c1-14(7-3-2-4-8-14)10-16-12-11(13(17)18)6-5-9-15-12/h5-6,9H,2-4,7-8,10H2,1H3,(H,15,16)(H,17,18). The second kappa shape index (κ2) is 5.38. The Hall–Kier alpha value is -1.58. The molecule has 0 radical (unpaired) electrons. The Morgan fingerprint density at radius 3 is 2.83 bits per heavy atom. The minimum absolute atomic E-state index is 0.247. The van der Waals surface area contributed by atoms with Gasteiger partial charge >= 0.3 is 5.97 Å². The summed E-state index contributed by atoms with van der Waals surface area (Å²) >= 11 is 0. The van der Waals surface area contributed by atoms with Gasteiger partial charge in [0.25, 0.3) is 0 Å². The average molecular weight is 248 g/mol. The molecule has 0 spiro atoms. The molecule has 1 aromatic heterocycles. The molecule has 0 amide bonds. The van der Waals surface area contributed by atoms with Crippen LogP contribution in [0.1, 0.15) is 49.4 Å². The summed E-state index contributed by atoms with van der Waals surface area (Å²) in [5.41, 5.74) is 0.517.